The van der Waals surface area contributed by atoms with Crippen LogP contribution in [0.25, 0.3) is 0 Å². The van der Waals surface area contributed by atoms with E-state index in [4.69, 9.17) is 1.37 Å². The Balaban J connectivity index is 4.22. The van der Waals surface area contributed by atoms with Crippen LogP contribution in [0.2, 0.25) is 0 Å². The van der Waals surface area contributed by atoms with E-state index in [1.165, 1.54) is 4.90 Å². The Morgan fingerprint density at radius 2 is 2.08 bits per heavy atom. The lowest BCUT2D eigenvalue weighted by Crippen LogP contribution is -2.29. The van der Waals surface area contributed by atoms with Gasteiger partial charge in [0.2, 0.25) is 0 Å². The Labute approximate surface area is 71.0 Å². The average molecular weight is 180 g/mol. The molecule has 0 atom stereocenters. The zero-order chi connectivity index (χ0) is 10.4. The molecule has 0 aliphatic rings. The number of rotatable bonds is 3. The van der Waals surface area contributed by atoms with Crippen molar-refractivity contribution in [3.63, 3.8) is 0 Å². The van der Waals surface area contributed by atoms with Gasteiger partial charge in [-0.05, 0) is 13.8 Å². The van der Waals surface area contributed by atoms with Crippen molar-refractivity contribution in [3.05, 3.63) is 12.3 Å². The van der Waals surface area contributed by atoms with Crippen LogP contribution in [-0.2, 0) is 4.74 Å². The van der Waals surface area contributed by atoms with E-state index in [1.807, 2.05) is 0 Å². The van der Waals surface area contributed by atoms with Crippen LogP contribution in [0.4, 0.5) is 13.6 Å². The first-order chi connectivity index (χ1) is 6.02. The molecule has 0 unspecified atom stereocenters. The van der Waals surface area contributed by atoms with E-state index in [0.717, 1.165) is 0 Å². The van der Waals surface area contributed by atoms with Crippen molar-refractivity contribution in [1.82, 2.24) is 4.90 Å². The molecule has 5 heteroatoms. The van der Waals surface area contributed by atoms with E-state index in [2.05, 4.69) is 4.74 Å². The van der Waals surface area contributed by atoms with Gasteiger partial charge in [-0.3, -0.25) is 0 Å². The lowest BCUT2D eigenvalue weighted by molar-refractivity contribution is 0.137. The summed E-state index contributed by atoms with van der Waals surface area (Å²) in [6, 6.07) is 0. The number of nitrogens with zero attached hydrogens (tertiary/aromatic N) is 1. The summed E-state index contributed by atoms with van der Waals surface area (Å²) in [5.74, 6) is 0. The highest BCUT2D eigenvalue weighted by Gasteiger charge is 2.09. The van der Waals surface area contributed by atoms with Crippen molar-refractivity contribution in [2.75, 3.05) is 13.1 Å². The van der Waals surface area contributed by atoms with E-state index >= 15 is 0 Å². The molecule has 0 aliphatic heterocycles. The Kier molecular flexibility index (Phi) is 4.12. The van der Waals surface area contributed by atoms with Crippen molar-refractivity contribution in [2.24, 2.45) is 0 Å². The van der Waals surface area contributed by atoms with Crippen LogP contribution in [0.15, 0.2) is 12.3 Å². The van der Waals surface area contributed by atoms with Gasteiger partial charge in [0.1, 0.15) is 1.37 Å². The quantitative estimate of drug-likeness (QED) is 0.623. The number of halogens is 2. The summed E-state index contributed by atoms with van der Waals surface area (Å²) in [7, 11) is 0. The first-order valence-corrected chi connectivity index (χ1v) is 3.51. The molecule has 0 aromatic rings. The van der Waals surface area contributed by atoms with Crippen molar-refractivity contribution in [3.8, 4) is 0 Å². The van der Waals surface area contributed by atoms with E-state index in [0.29, 0.717) is 13.1 Å². The molecule has 0 aromatic heterocycles. The van der Waals surface area contributed by atoms with E-state index in [-0.39, 0.29) is 0 Å². The molecule has 0 heterocycles. The minimum Gasteiger partial charge on any atom is -0.412 e. The maximum absolute atomic E-state index is 11.7. The molecule has 70 valence electrons. The molecule has 0 aromatic carbocycles. The third-order valence-corrected chi connectivity index (χ3v) is 1.24. The first-order valence-electron chi connectivity index (χ1n) is 4.01. The molecule has 1 amide bonds. The largest absolute Gasteiger partial charge is 0.414 e. The lowest BCUT2D eigenvalue weighted by Gasteiger charge is -2.15. The molecule has 0 rings (SSSR count). The van der Waals surface area contributed by atoms with Gasteiger partial charge >= 0.3 is 12.2 Å². The summed E-state index contributed by atoms with van der Waals surface area (Å²) in [6.45, 7) is 4.08. The number of ether oxygens (including phenoxy) is 1. The molecule has 3 nitrogen and oxygen atoms in total. The molecular formula is C7H11F2NO2. The Bertz CT molecular complexity index is 213. The maximum atomic E-state index is 11.7. The topological polar surface area (TPSA) is 29.5 Å². The van der Waals surface area contributed by atoms with Crippen LogP contribution in [0.5, 0.6) is 0 Å². The van der Waals surface area contributed by atoms with Crippen LogP contribution in [0.1, 0.15) is 15.2 Å². The average Bonchev–Trinajstić information content (AvgIpc) is 2.06. The molecule has 0 saturated heterocycles. The Morgan fingerprint density at radius 1 is 1.58 bits per heavy atom. The first kappa shape index (κ1) is 8.96. The number of carbonyl (C=O) groups excluding carboxylic acids is 1. The van der Waals surface area contributed by atoms with Crippen LogP contribution < -0.4 is 0 Å². The monoisotopic (exact) mass is 180 g/mol. The summed E-state index contributed by atoms with van der Waals surface area (Å²) < 4.78 is 33.9. The zero-order valence-corrected chi connectivity index (χ0v) is 6.93. The van der Waals surface area contributed by atoms with E-state index in [9.17, 15) is 13.6 Å². The second-order valence-electron chi connectivity index (χ2n) is 1.90. The van der Waals surface area contributed by atoms with Gasteiger partial charge in [-0.15, -0.1) is 0 Å². The van der Waals surface area contributed by atoms with Gasteiger partial charge in [0, 0.05) is 13.1 Å². The molecule has 0 saturated carbocycles. The van der Waals surface area contributed by atoms with Crippen molar-refractivity contribution in [2.45, 2.75) is 13.8 Å². The molecular weight excluding hydrogens is 168 g/mol. The van der Waals surface area contributed by atoms with Crippen LogP contribution in [0, 0.1) is 0 Å². The second-order valence-corrected chi connectivity index (χ2v) is 1.90. The number of carbonyl (C=O) groups is 1. The van der Waals surface area contributed by atoms with Crippen LogP contribution >= 0.6 is 0 Å². The van der Waals surface area contributed by atoms with Gasteiger partial charge in [-0.1, -0.05) is 0 Å². The third-order valence-electron chi connectivity index (χ3n) is 1.24. The molecule has 12 heavy (non-hydrogen) atoms. The third kappa shape index (κ3) is 3.90. The fraction of sp³-hybridized carbons (Fsp3) is 0.571. The van der Waals surface area contributed by atoms with Crippen LogP contribution in [0.3, 0.4) is 0 Å². The predicted octanol–water partition coefficient (Wildman–Crippen LogP) is 2.20. The van der Waals surface area contributed by atoms with Gasteiger partial charge in [-0.25, -0.2) is 4.79 Å². The van der Waals surface area contributed by atoms with Gasteiger partial charge in [0.15, 0.2) is 6.24 Å². The lowest BCUT2D eigenvalue weighted by atomic mass is 10.6. The number of amides is 1. The van der Waals surface area contributed by atoms with Gasteiger partial charge in [-0.2, -0.15) is 8.78 Å². The van der Waals surface area contributed by atoms with E-state index < -0.39 is 18.4 Å². The van der Waals surface area contributed by atoms with Crippen molar-refractivity contribution < 1.29 is 19.7 Å². The summed E-state index contributed by atoms with van der Waals surface area (Å²) in [5.41, 5.74) is 0. The minimum atomic E-state index is -2.31. The summed E-state index contributed by atoms with van der Waals surface area (Å²) in [6.07, 6.45) is -4.62. The smallest absolute Gasteiger partial charge is 0.412 e. The SMILES string of the molecule is [2H]C(OC(=O)N(CC)CC)=C(F)F. The number of hydrogen-bond donors (Lipinski definition) is 0. The molecule has 0 bridgehead atoms. The summed E-state index contributed by atoms with van der Waals surface area (Å²) in [4.78, 5) is 12.1. The normalized spacial score (nSPS) is 10.2. The second kappa shape index (κ2) is 5.51. The highest BCUT2D eigenvalue weighted by Crippen LogP contribution is 1.99. The van der Waals surface area contributed by atoms with Crippen molar-refractivity contribution in [1.29, 1.82) is 0 Å². The molecule has 0 radical (unpaired) electrons. The summed E-state index contributed by atoms with van der Waals surface area (Å²) >= 11 is 0. The van der Waals surface area contributed by atoms with Crippen LogP contribution in [-0.4, -0.2) is 24.1 Å². The standard InChI is InChI=1S/C7H11F2NO2/c1-3-10(4-2)7(11)12-5-6(8)9/h5H,3-4H2,1-2H3/i5D. The number of hydrogen-bond acceptors (Lipinski definition) is 2. The highest BCUT2D eigenvalue weighted by atomic mass is 19.3. The fourth-order valence-electron chi connectivity index (χ4n) is 0.629. The minimum absolute atomic E-state index is 0.358. The molecule has 0 spiro atoms. The predicted molar refractivity (Wildman–Crippen MR) is 39.7 cm³/mol. The Hall–Kier alpha value is -1.13. The molecule has 0 aliphatic carbocycles. The highest BCUT2D eigenvalue weighted by molar-refractivity contribution is 5.68. The van der Waals surface area contributed by atoms with Gasteiger partial charge < -0.3 is 9.64 Å². The maximum Gasteiger partial charge on any atom is 0.414 e. The van der Waals surface area contributed by atoms with Gasteiger partial charge in [0.05, 0.1) is 0 Å². The summed E-state index contributed by atoms with van der Waals surface area (Å²) in [5, 5.41) is 0. The zero-order valence-electron chi connectivity index (χ0n) is 7.93. The van der Waals surface area contributed by atoms with Gasteiger partial charge in [0.25, 0.3) is 0 Å². The fourth-order valence-corrected chi connectivity index (χ4v) is 0.629. The van der Waals surface area contributed by atoms with E-state index in [1.54, 1.807) is 13.8 Å². The van der Waals surface area contributed by atoms with Crippen molar-refractivity contribution >= 4 is 6.09 Å². The molecule has 0 fully saturated rings. The Morgan fingerprint density at radius 3 is 2.42 bits per heavy atom. The molecule has 0 N–H and O–H groups in total.